The minimum atomic E-state index is 0.764. The Balaban J connectivity index is 1.79. The topological polar surface area (TPSA) is 13.1 Å². The molecule has 1 aromatic heterocycles. The highest BCUT2D eigenvalue weighted by Gasteiger charge is 2.29. The van der Waals surface area contributed by atoms with E-state index >= 15 is 0 Å². The molecule has 0 amide bonds. The van der Waals surface area contributed by atoms with Crippen molar-refractivity contribution in [2.24, 2.45) is 0 Å². The van der Waals surface area contributed by atoms with E-state index in [1.807, 2.05) is 6.92 Å². The van der Waals surface area contributed by atoms with E-state index in [1.54, 1.807) is 0 Å². The number of aryl methyl sites for hydroxylation is 2. The Bertz CT molecular complexity index is 311. The quantitative estimate of drug-likeness (QED) is 0.792. The summed E-state index contributed by atoms with van der Waals surface area (Å²) < 4.78 is 6.34. The molecule has 1 nitrogen and oxygen atoms in total. The van der Waals surface area contributed by atoms with Gasteiger partial charge in [-0.15, -0.1) is 23.5 Å². The minimum Gasteiger partial charge on any atom is -0.466 e. The van der Waals surface area contributed by atoms with E-state index in [-0.39, 0.29) is 0 Å². The second kappa shape index (κ2) is 4.88. The lowest BCUT2D eigenvalue weighted by Crippen LogP contribution is -2.04. The van der Waals surface area contributed by atoms with Crippen molar-refractivity contribution in [1.29, 1.82) is 0 Å². The summed E-state index contributed by atoms with van der Waals surface area (Å²) in [4.78, 5) is 0. The van der Waals surface area contributed by atoms with Crippen LogP contribution < -0.4 is 0 Å². The Kier molecular flexibility index (Phi) is 3.73. The maximum absolute atomic E-state index is 5.58. The molecule has 2 heterocycles. The lowest BCUT2D eigenvalue weighted by molar-refractivity contribution is 0.480. The third-order valence-electron chi connectivity index (χ3n) is 2.82. The molecule has 0 N–H and O–H groups in total. The lowest BCUT2D eigenvalue weighted by atomic mass is 10.3. The maximum atomic E-state index is 5.58. The predicted molar refractivity (Wildman–Crippen MR) is 69.7 cm³/mol. The van der Waals surface area contributed by atoms with Gasteiger partial charge in [0.15, 0.2) is 0 Å². The van der Waals surface area contributed by atoms with Gasteiger partial charge in [0.05, 0.1) is 4.58 Å². The van der Waals surface area contributed by atoms with Crippen molar-refractivity contribution in [1.82, 2.24) is 0 Å². The molecule has 2 atom stereocenters. The Morgan fingerprint density at radius 3 is 2.40 bits per heavy atom. The van der Waals surface area contributed by atoms with Crippen LogP contribution in [-0.2, 0) is 6.42 Å². The van der Waals surface area contributed by atoms with Crippen LogP contribution in [-0.4, -0.2) is 15.1 Å². The van der Waals surface area contributed by atoms with Crippen molar-refractivity contribution >= 4 is 23.5 Å². The Morgan fingerprint density at radius 1 is 1.20 bits per heavy atom. The van der Waals surface area contributed by atoms with E-state index in [0.717, 1.165) is 33.0 Å². The van der Waals surface area contributed by atoms with Crippen LogP contribution in [0.15, 0.2) is 16.5 Å². The third-order valence-corrected chi connectivity index (χ3v) is 6.41. The molecule has 84 valence electrons. The van der Waals surface area contributed by atoms with E-state index in [2.05, 4.69) is 49.5 Å². The van der Waals surface area contributed by atoms with Crippen molar-refractivity contribution in [3.63, 3.8) is 0 Å². The van der Waals surface area contributed by atoms with Crippen LogP contribution in [0, 0.1) is 6.92 Å². The van der Waals surface area contributed by atoms with Crippen LogP contribution in [0.3, 0.4) is 0 Å². The highest BCUT2D eigenvalue weighted by Crippen LogP contribution is 2.45. The summed E-state index contributed by atoms with van der Waals surface area (Å²) in [5.41, 5.74) is 0. The molecule has 2 unspecified atom stereocenters. The zero-order valence-electron chi connectivity index (χ0n) is 9.53. The van der Waals surface area contributed by atoms with Crippen LogP contribution in [0.1, 0.15) is 31.8 Å². The molecule has 1 fully saturated rings. The first kappa shape index (κ1) is 11.5. The van der Waals surface area contributed by atoms with Crippen molar-refractivity contribution < 1.29 is 4.42 Å². The standard InChI is InChI=1S/C12H18OS2/c1-8-4-5-11(13-8)6-7-12-14-9(2)10(3)15-12/h4-5,9-10,12H,6-7H2,1-3H3. The molecule has 0 aromatic carbocycles. The molecule has 0 spiro atoms. The fraction of sp³-hybridized carbons (Fsp3) is 0.667. The van der Waals surface area contributed by atoms with Crippen molar-refractivity contribution in [2.75, 3.05) is 0 Å². The van der Waals surface area contributed by atoms with Gasteiger partial charge < -0.3 is 4.42 Å². The monoisotopic (exact) mass is 242 g/mol. The number of furan rings is 1. The molecule has 0 bridgehead atoms. The Morgan fingerprint density at radius 2 is 1.87 bits per heavy atom. The van der Waals surface area contributed by atoms with E-state index < -0.39 is 0 Å². The van der Waals surface area contributed by atoms with E-state index in [4.69, 9.17) is 4.42 Å². The zero-order chi connectivity index (χ0) is 10.8. The summed E-state index contributed by atoms with van der Waals surface area (Å²) in [6, 6.07) is 4.15. The van der Waals surface area contributed by atoms with Crippen LogP contribution in [0.2, 0.25) is 0 Å². The smallest absolute Gasteiger partial charge is 0.104 e. The van der Waals surface area contributed by atoms with E-state index in [1.165, 1.54) is 6.42 Å². The van der Waals surface area contributed by atoms with Gasteiger partial charge in [-0.05, 0) is 25.5 Å². The molecule has 1 aliphatic heterocycles. The minimum absolute atomic E-state index is 0.764. The first-order valence-corrected chi connectivity index (χ1v) is 7.40. The van der Waals surface area contributed by atoms with Gasteiger partial charge in [0.1, 0.15) is 11.5 Å². The van der Waals surface area contributed by atoms with Gasteiger partial charge in [0.25, 0.3) is 0 Å². The number of thioether (sulfide) groups is 2. The average Bonchev–Trinajstić information content (AvgIpc) is 2.72. The van der Waals surface area contributed by atoms with E-state index in [9.17, 15) is 0 Å². The molecule has 0 saturated carbocycles. The van der Waals surface area contributed by atoms with Gasteiger partial charge in [0, 0.05) is 16.9 Å². The average molecular weight is 242 g/mol. The summed E-state index contributed by atoms with van der Waals surface area (Å²) >= 11 is 4.24. The van der Waals surface area contributed by atoms with Crippen LogP contribution in [0.5, 0.6) is 0 Å². The third kappa shape index (κ3) is 2.97. The first-order valence-electron chi connectivity index (χ1n) is 5.51. The van der Waals surface area contributed by atoms with Crippen molar-refractivity contribution in [2.45, 2.75) is 48.7 Å². The van der Waals surface area contributed by atoms with Gasteiger partial charge in [0.2, 0.25) is 0 Å². The Labute approximate surface area is 100 Å². The Hall–Kier alpha value is -0.0200. The molecule has 1 saturated heterocycles. The first-order chi connectivity index (χ1) is 7.15. The summed E-state index contributed by atoms with van der Waals surface area (Å²) in [5.74, 6) is 2.17. The predicted octanol–water partition coefficient (Wildman–Crippen LogP) is 4.10. The lowest BCUT2D eigenvalue weighted by Gasteiger charge is -2.06. The molecular formula is C12H18OS2. The highest BCUT2D eigenvalue weighted by molar-refractivity contribution is 8.20. The SMILES string of the molecule is Cc1ccc(CCC2SC(C)C(C)S2)o1. The number of hydrogen-bond acceptors (Lipinski definition) is 3. The molecule has 1 aliphatic rings. The van der Waals surface area contributed by atoms with Crippen LogP contribution in [0.4, 0.5) is 0 Å². The van der Waals surface area contributed by atoms with Gasteiger partial charge in [-0.1, -0.05) is 13.8 Å². The van der Waals surface area contributed by atoms with Crippen LogP contribution >= 0.6 is 23.5 Å². The second-order valence-corrected chi connectivity index (χ2v) is 7.63. The normalized spacial score (nSPS) is 31.0. The fourth-order valence-corrected chi connectivity index (χ4v) is 5.35. The summed E-state index contributed by atoms with van der Waals surface area (Å²) in [5, 5.41) is 1.61. The highest BCUT2D eigenvalue weighted by atomic mass is 32.2. The van der Waals surface area contributed by atoms with Gasteiger partial charge in [-0.3, -0.25) is 0 Å². The molecule has 2 rings (SSSR count). The summed E-state index contributed by atoms with van der Waals surface area (Å²) in [7, 11) is 0. The largest absolute Gasteiger partial charge is 0.466 e. The zero-order valence-corrected chi connectivity index (χ0v) is 11.2. The molecule has 0 radical (unpaired) electrons. The van der Waals surface area contributed by atoms with Crippen molar-refractivity contribution in [3.8, 4) is 0 Å². The number of hydrogen-bond donors (Lipinski definition) is 0. The summed E-state index contributed by atoms with van der Waals surface area (Å²) in [6.45, 7) is 6.67. The number of rotatable bonds is 3. The fourth-order valence-electron chi connectivity index (χ4n) is 1.75. The van der Waals surface area contributed by atoms with E-state index in [0.29, 0.717) is 0 Å². The molecule has 1 aromatic rings. The molecule has 15 heavy (non-hydrogen) atoms. The summed E-state index contributed by atoms with van der Waals surface area (Å²) in [6.07, 6.45) is 2.31. The van der Waals surface area contributed by atoms with Gasteiger partial charge in [-0.2, -0.15) is 0 Å². The molecule has 3 heteroatoms. The maximum Gasteiger partial charge on any atom is 0.104 e. The molecular weight excluding hydrogens is 224 g/mol. The van der Waals surface area contributed by atoms with Crippen LogP contribution in [0.25, 0.3) is 0 Å². The van der Waals surface area contributed by atoms with Gasteiger partial charge >= 0.3 is 0 Å². The van der Waals surface area contributed by atoms with Crippen molar-refractivity contribution in [3.05, 3.63) is 23.7 Å². The second-order valence-electron chi connectivity index (χ2n) is 4.16. The van der Waals surface area contributed by atoms with Gasteiger partial charge in [-0.25, -0.2) is 0 Å². The molecule has 0 aliphatic carbocycles.